The molecule has 6 heteroatoms. The monoisotopic (exact) mass is 291 g/mol. The number of carbonyl (C=O) groups excluding carboxylic acids is 1. The van der Waals surface area contributed by atoms with Crippen molar-refractivity contribution in [2.45, 2.75) is 0 Å². The zero-order valence-electron chi connectivity index (χ0n) is 11.2. The van der Waals surface area contributed by atoms with E-state index in [1.165, 1.54) is 0 Å². The van der Waals surface area contributed by atoms with Crippen molar-refractivity contribution in [2.75, 3.05) is 0 Å². The van der Waals surface area contributed by atoms with E-state index in [0.29, 0.717) is 16.7 Å². The number of hydrogen-bond donors (Lipinski definition) is 2. The van der Waals surface area contributed by atoms with Crippen LogP contribution in [0.3, 0.4) is 0 Å². The zero-order valence-corrected chi connectivity index (χ0v) is 11.2. The summed E-state index contributed by atoms with van der Waals surface area (Å²) >= 11 is 0. The first-order valence-corrected chi connectivity index (χ1v) is 6.59. The zero-order chi connectivity index (χ0) is 15.3. The number of aromatic nitrogens is 3. The summed E-state index contributed by atoms with van der Waals surface area (Å²) in [5, 5.41) is 18.8. The number of carbonyl (C=O) groups is 2. The molecule has 0 fully saturated rings. The molecule has 0 unspecified atom stereocenters. The van der Waals surface area contributed by atoms with E-state index in [9.17, 15) is 9.59 Å². The average Bonchev–Trinajstić information content (AvgIpc) is 3.12. The van der Waals surface area contributed by atoms with Gasteiger partial charge in [0, 0.05) is 16.7 Å². The Labute approximate surface area is 124 Å². The molecule has 0 atom stereocenters. The fourth-order valence-corrected chi connectivity index (χ4v) is 2.75. The SMILES string of the molecule is O=C1c2ccccc2-c2ccc(-c3nn[nH]c3C(=O)O)cc21. The van der Waals surface area contributed by atoms with Gasteiger partial charge in [-0.15, -0.1) is 5.10 Å². The van der Waals surface area contributed by atoms with Crippen LogP contribution in [0.4, 0.5) is 0 Å². The van der Waals surface area contributed by atoms with Crippen molar-refractivity contribution < 1.29 is 14.7 Å². The molecule has 0 aliphatic heterocycles. The molecule has 1 aliphatic carbocycles. The maximum atomic E-state index is 12.5. The molecule has 1 aliphatic rings. The van der Waals surface area contributed by atoms with Crippen LogP contribution in [0, 0.1) is 0 Å². The summed E-state index contributed by atoms with van der Waals surface area (Å²) in [5.74, 6) is -1.21. The maximum absolute atomic E-state index is 12.5. The van der Waals surface area contributed by atoms with Crippen LogP contribution in [0.2, 0.25) is 0 Å². The lowest BCUT2D eigenvalue weighted by atomic mass is 10.0. The summed E-state index contributed by atoms with van der Waals surface area (Å²) in [6.07, 6.45) is 0. The Hall–Kier alpha value is -3.28. The first-order chi connectivity index (χ1) is 10.7. The predicted octanol–water partition coefficient (Wildman–Crippen LogP) is 2.38. The molecule has 0 spiro atoms. The van der Waals surface area contributed by atoms with Crippen LogP contribution in [0.15, 0.2) is 42.5 Å². The van der Waals surface area contributed by atoms with Crippen LogP contribution >= 0.6 is 0 Å². The van der Waals surface area contributed by atoms with Gasteiger partial charge in [0.05, 0.1) is 0 Å². The largest absolute Gasteiger partial charge is 0.476 e. The Morgan fingerprint density at radius 1 is 1.00 bits per heavy atom. The number of aromatic amines is 1. The van der Waals surface area contributed by atoms with Gasteiger partial charge in [-0.3, -0.25) is 9.89 Å². The topological polar surface area (TPSA) is 95.9 Å². The van der Waals surface area contributed by atoms with Gasteiger partial charge >= 0.3 is 5.97 Å². The summed E-state index contributed by atoms with van der Waals surface area (Å²) in [7, 11) is 0. The van der Waals surface area contributed by atoms with E-state index in [1.54, 1.807) is 18.2 Å². The average molecular weight is 291 g/mol. The van der Waals surface area contributed by atoms with Crippen molar-refractivity contribution in [3.63, 3.8) is 0 Å². The van der Waals surface area contributed by atoms with Gasteiger partial charge in [0.25, 0.3) is 0 Å². The Morgan fingerprint density at radius 3 is 2.50 bits per heavy atom. The van der Waals surface area contributed by atoms with Crippen LogP contribution < -0.4 is 0 Å². The maximum Gasteiger partial charge on any atom is 0.356 e. The summed E-state index contributed by atoms with van der Waals surface area (Å²) < 4.78 is 0. The van der Waals surface area contributed by atoms with Crippen LogP contribution in [-0.4, -0.2) is 32.3 Å². The summed E-state index contributed by atoms with van der Waals surface area (Å²) in [6, 6.07) is 12.6. The molecule has 4 rings (SSSR count). The van der Waals surface area contributed by atoms with Crippen molar-refractivity contribution in [2.24, 2.45) is 0 Å². The van der Waals surface area contributed by atoms with Crippen LogP contribution in [0.1, 0.15) is 26.4 Å². The van der Waals surface area contributed by atoms with Gasteiger partial charge < -0.3 is 5.11 Å². The van der Waals surface area contributed by atoms with E-state index in [4.69, 9.17) is 5.11 Å². The minimum atomic E-state index is -1.14. The van der Waals surface area contributed by atoms with E-state index >= 15 is 0 Å². The standard InChI is InChI=1S/C16H9N3O3/c20-15-11-4-2-1-3-9(11)10-6-5-8(7-12(10)15)13-14(16(21)22)18-19-17-13/h1-7H,(H,21,22)(H,17,18,19). The number of nitrogens with zero attached hydrogens (tertiary/aromatic N) is 2. The Morgan fingerprint density at radius 2 is 1.73 bits per heavy atom. The van der Waals surface area contributed by atoms with Gasteiger partial charge in [0.15, 0.2) is 11.5 Å². The number of fused-ring (bicyclic) bond motifs is 3. The number of nitrogens with one attached hydrogen (secondary N) is 1. The van der Waals surface area contributed by atoms with Gasteiger partial charge in [0.1, 0.15) is 5.69 Å². The quantitative estimate of drug-likeness (QED) is 0.591. The van der Waals surface area contributed by atoms with Crippen molar-refractivity contribution in [1.82, 2.24) is 15.4 Å². The number of carboxylic acids is 1. The summed E-state index contributed by atoms with van der Waals surface area (Å²) in [6.45, 7) is 0. The first kappa shape index (κ1) is 12.5. The van der Waals surface area contributed by atoms with E-state index in [0.717, 1.165) is 11.1 Å². The molecule has 0 saturated carbocycles. The molecule has 106 valence electrons. The van der Waals surface area contributed by atoms with E-state index in [2.05, 4.69) is 15.4 Å². The third-order valence-corrected chi connectivity index (χ3v) is 3.76. The highest BCUT2D eigenvalue weighted by Crippen LogP contribution is 2.38. The number of carboxylic acid groups (broad SMARTS) is 1. The second-order valence-corrected chi connectivity index (χ2v) is 4.98. The Kier molecular flexibility index (Phi) is 2.47. The van der Waals surface area contributed by atoms with Crippen LogP contribution in [-0.2, 0) is 0 Å². The molecule has 22 heavy (non-hydrogen) atoms. The molecular weight excluding hydrogens is 282 g/mol. The normalized spacial score (nSPS) is 12.1. The lowest BCUT2D eigenvalue weighted by molar-refractivity contribution is 0.0691. The number of aromatic carboxylic acids is 1. The number of rotatable bonds is 2. The highest BCUT2D eigenvalue weighted by molar-refractivity contribution is 6.22. The molecule has 1 heterocycles. The van der Waals surface area contributed by atoms with Gasteiger partial charge in [-0.05, 0) is 17.2 Å². The van der Waals surface area contributed by atoms with Gasteiger partial charge in [-0.25, -0.2) is 4.79 Å². The lowest BCUT2D eigenvalue weighted by Gasteiger charge is -2.03. The summed E-state index contributed by atoms with van der Waals surface area (Å²) in [4.78, 5) is 23.6. The summed E-state index contributed by atoms with van der Waals surface area (Å²) in [5.41, 5.74) is 3.64. The van der Waals surface area contributed by atoms with Crippen molar-refractivity contribution in [3.05, 3.63) is 59.3 Å². The minimum absolute atomic E-state index is 0.0622. The predicted molar refractivity (Wildman–Crippen MR) is 77.6 cm³/mol. The highest BCUT2D eigenvalue weighted by Gasteiger charge is 2.27. The van der Waals surface area contributed by atoms with E-state index < -0.39 is 5.97 Å². The smallest absolute Gasteiger partial charge is 0.356 e. The Balaban J connectivity index is 1.90. The molecule has 0 radical (unpaired) electrons. The van der Waals surface area contributed by atoms with Gasteiger partial charge in [0.2, 0.25) is 0 Å². The van der Waals surface area contributed by atoms with Gasteiger partial charge in [-0.2, -0.15) is 0 Å². The third-order valence-electron chi connectivity index (χ3n) is 3.76. The highest BCUT2D eigenvalue weighted by atomic mass is 16.4. The van der Waals surface area contributed by atoms with Crippen molar-refractivity contribution in [1.29, 1.82) is 0 Å². The fraction of sp³-hybridized carbons (Fsp3) is 0. The minimum Gasteiger partial charge on any atom is -0.476 e. The molecule has 0 amide bonds. The van der Waals surface area contributed by atoms with E-state index in [1.807, 2.05) is 24.3 Å². The molecule has 2 N–H and O–H groups in total. The number of benzene rings is 2. The lowest BCUT2D eigenvalue weighted by Crippen LogP contribution is -2.00. The molecule has 3 aromatic rings. The van der Waals surface area contributed by atoms with Crippen LogP contribution in [0.5, 0.6) is 0 Å². The number of hydrogen-bond acceptors (Lipinski definition) is 4. The molecular formula is C16H9N3O3. The van der Waals surface area contributed by atoms with Crippen molar-refractivity contribution >= 4 is 11.8 Å². The molecule has 0 bridgehead atoms. The molecule has 1 aromatic heterocycles. The second-order valence-electron chi connectivity index (χ2n) is 4.98. The van der Waals surface area contributed by atoms with Crippen LogP contribution in [0.25, 0.3) is 22.4 Å². The van der Waals surface area contributed by atoms with Gasteiger partial charge in [-0.1, -0.05) is 41.6 Å². The number of ketones is 1. The Bertz CT molecular complexity index is 943. The van der Waals surface area contributed by atoms with E-state index in [-0.39, 0.29) is 17.2 Å². The second kappa shape index (κ2) is 4.36. The number of H-pyrrole nitrogens is 1. The molecule has 2 aromatic carbocycles. The van der Waals surface area contributed by atoms with Crippen molar-refractivity contribution in [3.8, 4) is 22.4 Å². The molecule has 0 saturated heterocycles. The molecule has 6 nitrogen and oxygen atoms in total. The fourth-order valence-electron chi connectivity index (χ4n) is 2.75. The first-order valence-electron chi connectivity index (χ1n) is 6.59. The third kappa shape index (κ3) is 1.61.